The molecule has 1 fully saturated rings. The predicted molar refractivity (Wildman–Crippen MR) is 89.9 cm³/mol. The van der Waals surface area contributed by atoms with E-state index in [4.69, 9.17) is 4.74 Å². The summed E-state index contributed by atoms with van der Waals surface area (Å²) in [6.45, 7) is 5.83. The van der Waals surface area contributed by atoms with Crippen LogP contribution < -0.4 is 10.6 Å². The molecule has 2 N–H and O–H groups in total. The van der Waals surface area contributed by atoms with Gasteiger partial charge in [0, 0.05) is 12.2 Å². The van der Waals surface area contributed by atoms with Crippen molar-refractivity contribution in [3.05, 3.63) is 29.8 Å². The van der Waals surface area contributed by atoms with Crippen LogP contribution >= 0.6 is 0 Å². The first kappa shape index (κ1) is 17.0. The molecule has 1 aliphatic rings. The van der Waals surface area contributed by atoms with E-state index < -0.39 is 0 Å². The van der Waals surface area contributed by atoms with Crippen LogP contribution in [0.3, 0.4) is 0 Å². The number of hydrogen-bond donors (Lipinski definition) is 2. The van der Waals surface area contributed by atoms with E-state index in [2.05, 4.69) is 23.6 Å². The van der Waals surface area contributed by atoms with E-state index in [-0.39, 0.29) is 18.1 Å². The molecule has 4 heteroatoms. The van der Waals surface area contributed by atoms with E-state index >= 15 is 0 Å². The van der Waals surface area contributed by atoms with Crippen molar-refractivity contribution in [1.82, 2.24) is 5.32 Å². The van der Waals surface area contributed by atoms with Crippen molar-refractivity contribution < 1.29 is 9.53 Å². The van der Waals surface area contributed by atoms with Gasteiger partial charge in [-0.3, -0.25) is 4.79 Å². The Labute approximate surface area is 133 Å². The number of benzene rings is 1. The first-order valence-corrected chi connectivity index (χ1v) is 8.49. The molecule has 0 saturated heterocycles. The molecule has 0 aliphatic heterocycles. The lowest BCUT2D eigenvalue weighted by molar-refractivity contribution is -0.131. The summed E-state index contributed by atoms with van der Waals surface area (Å²) in [6.07, 6.45) is 5.23. The fourth-order valence-corrected chi connectivity index (χ4v) is 2.85. The van der Waals surface area contributed by atoms with Gasteiger partial charge in [0.25, 0.3) is 5.91 Å². The monoisotopic (exact) mass is 304 g/mol. The maximum Gasteiger partial charge on any atom is 0.253 e. The van der Waals surface area contributed by atoms with Gasteiger partial charge in [0.2, 0.25) is 0 Å². The number of hydrogen-bond acceptors (Lipinski definition) is 3. The van der Waals surface area contributed by atoms with Crippen molar-refractivity contribution in [2.75, 3.05) is 11.9 Å². The Balaban J connectivity index is 1.91. The SMILES string of the molecule is CCNCc1cccc(NC(=O)C(CC)OC2CCCC2)c1. The molecule has 0 bridgehead atoms. The third kappa shape index (κ3) is 5.11. The molecule has 22 heavy (non-hydrogen) atoms. The average molecular weight is 304 g/mol. The summed E-state index contributed by atoms with van der Waals surface area (Å²) in [5.41, 5.74) is 2.01. The van der Waals surface area contributed by atoms with E-state index in [1.165, 1.54) is 18.4 Å². The Morgan fingerprint density at radius 3 is 2.77 bits per heavy atom. The van der Waals surface area contributed by atoms with Gasteiger partial charge in [-0.05, 0) is 43.5 Å². The maximum atomic E-state index is 12.4. The Morgan fingerprint density at radius 2 is 2.09 bits per heavy atom. The van der Waals surface area contributed by atoms with E-state index in [0.29, 0.717) is 6.42 Å². The van der Waals surface area contributed by atoms with Gasteiger partial charge in [-0.15, -0.1) is 0 Å². The minimum Gasteiger partial charge on any atom is -0.365 e. The fourth-order valence-electron chi connectivity index (χ4n) is 2.85. The van der Waals surface area contributed by atoms with Crippen molar-refractivity contribution in [3.8, 4) is 0 Å². The van der Waals surface area contributed by atoms with Gasteiger partial charge in [-0.2, -0.15) is 0 Å². The smallest absolute Gasteiger partial charge is 0.253 e. The summed E-state index contributed by atoms with van der Waals surface area (Å²) in [5, 5.41) is 6.28. The van der Waals surface area contributed by atoms with Crippen molar-refractivity contribution in [2.45, 2.75) is 64.7 Å². The van der Waals surface area contributed by atoms with Crippen LogP contribution in [0.2, 0.25) is 0 Å². The molecule has 1 amide bonds. The van der Waals surface area contributed by atoms with Gasteiger partial charge in [0.1, 0.15) is 6.10 Å². The minimum atomic E-state index is -0.347. The van der Waals surface area contributed by atoms with Crippen LogP contribution in [0.15, 0.2) is 24.3 Å². The zero-order valence-corrected chi connectivity index (χ0v) is 13.7. The molecule has 1 aliphatic carbocycles. The second kappa shape index (κ2) is 8.91. The van der Waals surface area contributed by atoms with Crippen molar-refractivity contribution in [3.63, 3.8) is 0 Å². The highest BCUT2D eigenvalue weighted by Gasteiger charge is 2.24. The van der Waals surface area contributed by atoms with Gasteiger partial charge < -0.3 is 15.4 Å². The summed E-state index contributed by atoms with van der Waals surface area (Å²) in [4.78, 5) is 12.4. The highest BCUT2D eigenvalue weighted by Crippen LogP contribution is 2.23. The van der Waals surface area contributed by atoms with Crippen molar-refractivity contribution in [2.24, 2.45) is 0 Å². The van der Waals surface area contributed by atoms with E-state index in [0.717, 1.165) is 31.6 Å². The second-order valence-electron chi connectivity index (χ2n) is 5.91. The Bertz CT molecular complexity index is 470. The number of anilines is 1. The first-order chi connectivity index (χ1) is 10.7. The molecule has 1 aromatic rings. The molecule has 0 spiro atoms. The predicted octanol–water partition coefficient (Wildman–Crippen LogP) is 3.47. The molecule has 0 heterocycles. The third-order valence-electron chi connectivity index (χ3n) is 4.10. The molecule has 0 radical (unpaired) electrons. The molecular formula is C18H28N2O2. The lowest BCUT2D eigenvalue weighted by Gasteiger charge is -2.20. The number of ether oxygens (including phenoxy) is 1. The molecule has 1 atom stereocenters. The average Bonchev–Trinajstić information content (AvgIpc) is 3.04. The highest BCUT2D eigenvalue weighted by atomic mass is 16.5. The Kier molecular flexibility index (Phi) is 6.87. The number of carbonyl (C=O) groups excluding carboxylic acids is 1. The second-order valence-corrected chi connectivity index (χ2v) is 5.91. The number of nitrogens with one attached hydrogen (secondary N) is 2. The number of rotatable bonds is 8. The van der Waals surface area contributed by atoms with Crippen LogP contribution in [0.25, 0.3) is 0 Å². The van der Waals surface area contributed by atoms with E-state index in [9.17, 15) is 4.79 Å². The number of carbonyl (C=O) groups is 1. The molecule has 122 valence electrons. The third-order valence-corrected chi connectivity index (χ3v) is 4.10. The van der Waals surface area contributed by atoms with E-state index in [1.807, 2.05) is 25.1 Å². The summed E-state index contributed by atoms with van der Waals surface area (Å²) in [7, 11) is 0. The number of amides is 1. The normalized spacial score (nSPS) is 16.6. The van der Waals surface area contributed by atoms with Crippen LogP contribution in [-0.4, -0.2) is 24.7 Å². The maximum absolute atomic E-state index is 12.4. The highest BCUT2D eigenvalue weighted by molar-refractivity contribution is 5.94. The standard InChI is InChI=1S/C18H28N2O2/c1-3-17(22-16-10-5-6-11-16)18(21)20-15-9-7-8-14(12-15)13-19-4-2/h7-9,12,16-17,19H,3-6,10-11,13H2,1-2H3,(H,20,21). The zero-order valence-electron chi connectivity index (χ0n) is 13.7. The summed E-state index contributed by atoms with van der Waals surface area (Å²) < 4.78 is 5.97. The van der Waals surface area contributed by atoms with Crippen LogP contribution in [-0.2, 0) is 16.1 Å². The molecular weight excluding hydrogens is 276 g/mol. The summed E-state index contributed by atoms with van der Waals surface area (Å²) in [6, 6.07) is 7.98. The molecule has 2 rings (SSSR count). The summed E-state index contributed by atoms with van der Waals surface area (Å²) >= 11 is 0. The van der Waals surface area contributed by atoms with Gasteiger partial charge >= 0.3 is 0 Å². The van der Waals surface area contributed by atoms with E-state index in [1.54, 1.807) is 0 Å². The Hall–Kier alpha value is -1.39. The molecule has 1 aromatic carbocycles. The lowest BCUT2D eigenvalue weighted by atomic mass is 10.2. The fraction of sp³-hybridized carbons (Fsp3) is 0.611. The lowest BCUT2D eigenvalue weighted by Crippen LogP contribution is -2.32. The van der Waals surface area contributed by atoms with Gasteiger partial charge in [0.05, 0.1) is 6.10 Å². The Morgan fingerprint density at radius 1 is 1.32 bits per heavy atom. The molecule has 1 unspecified atom stereocenters. The minimum absolute atomic E-state index is 0.0324. The van der Waals surface area contributed by atoms with Gasteiger partial charge in [-0.25, -0.2) is 0 Å². The van der Waals surface area contributed by atoms with Crippen LogP contribution in [0.5, 0.6) is 0 Å². The van der Waals surface area contributed by atoms with Crippen molar-refractivity contribution in [1.29, 1.82) is 0 Å². The quantitative estimate of drug-likeness (QED) is 0.773. The van der Waals surface area contributed by atoms with Crippen LogP contribution in [0.4, 0.5) is 5.69 Å². The van der Waals surface area contributed by atoms with Crippen LogP contribution in [0.1, 0.15) is 51.5 Å². The van der Waals surface area contributed by atoms with Gasteiger partial charge in [-0.1, -0.05) is 38.8 Å². The largest absolute Gasteiger partial charge is 0.365 e. The van der Waals surface area contributed by atoms with Crippen LogP contribution in [0, 0.1) is 0 Å². The topological polar surface area (TPSA) is 50.4 Å². The molecule has 0 aromatic heterocycles. The van der Waals surface area contributed by atoms with Crippen molar-refractivity contribution >= 4 is 11.6 Å². The molecule has 1 saturated carbocycles. The molecule has 4 nitrogen and oxygen atoms in total. The van der Waals surface area contributed by atoms with Gasteiger partial charge in [0.15, 0.2) is 0 Å². The summed E-state index contributed by atoms with van der Waals surface area (Å²) in [5.74, 6) is -0.0324. The zero-order chi connectivity index (χ0) is 15.8. The first-order valence-electron chi connectivity index (χ1n) is 8.49.